The van der Waals surface area contributed by atoms with Crippen molar-refractivity contribution in [3.05, 3.63) is 163 Å². The fraction of sp³-hybridized carbons (Fsp3) is 0.0698. The third-order valence-electron chi connectivity index (χ3n) is 9.84. The third-order valence-corrected chi connectivity index (χ3v) is 9.84. The molecule has 1 aliphatic rings. The van der Waals surface area contributed by atoms with E-state index in [1.165, 1.54) is 38.1 Å². The van der Waals surface area contributed by atoms with E-state index < -0.39 is 5.41 Å². The van der Waals surface area contributed by atoms with Crippen molar-refractivity contribution in [3.8, 4) is 11.1 Å². The van der Waals surface area contributed by atoms with Crippen LogP contribution in [0.5, 0.6) is 0 Å². The highest BCUT2D eigenvalue weighted by atomic mass is 19.1. The van der Waals surface area contributed by atoms with Gasteiger partial charge in [-0.2, -0.15) is 0 Å². The first-order valence-corrected chi connectivity index (χ1v) is 15.5. The van der Waals surface area contributed by atoms with Gasteiger partial charge in [0.25, 0.3) is 0 Å². The van der Waals surface area contributed by atoms with Crippen LogP contribution in [0.2, 0.25) is 0 Å². The van der Waals surface area contributed by atoms with E-state index in [4.69, 9.17) is 0 Å². The first-order valence-electron chi connectivity index (χ1n) is 15.5. The molecule has 0 radical (unpaired) electrons. The van der Waals surface area contributed by atoms with Gasteiger partial charge in [0.1, 0.15) is 5.82 Å². The molecule has 0 amide bonds. The predicted octanol–water partition coefficient (Wildman–Crippen LogP) is 12.2. The molecule has 0 N–H and O–H groups in total. The number of anilines is 3. The average Bonchev–Trinajstić information content (AvgIpc) is 3.31. The fourth-order valence-corrected chi connectivity index (χ4v) is 7.60. The van der Waals surface area contributed by atoms with E-state index in [-0.39, 0.29) is 5.82 Å². The summed E-state index contributed by atoms with van der Waals surface area (Å²) in [5.41, 5.74) is 7.53. The van der Waals surface area contributed by atoms with Crippen LogP contribution in [0.4, 0.5) is 21.5 Å². The summed E-state index contributed by atoms with van der Waals surface area (Å²) in [5, 5.41) is 8.80. The van der Waals surface area contributed by atoms with Crippen LogP contribution in [0.25, 0.3) is 54.2 Å². The number of nitrogens with zero attached hydrogens (tertiary/aromatic N) is 1. The van der Waals surface area contributed by atoms with Crippen LogP contribution < -0.4 is 4.90 Å². The van der Waals surface area contributed by atoms with Crippen LogP contribution >= 0.6 is 0 Å². The first-order chi connectivity index (χ1) is 22.0. The summed E-state index contributed by atoms with van der Waals surface area (Å²) in [6, 6.07) is 51.3. The lowest BCUT2D eigenvalue weighted by molar-refractivity contribution is 0.619. The predicted molar refractivity (Wildman–Crippen MR) is 189 cm³/mol. The summed E-state index contributed by atoms with van der Waals surface area (Å²) < 4.78 is 15.6. The molecular weight excluding hydrogens is 549 g/mol. The highest BCUT2D eigenvalue weighted by Crippen LogP contribution is 2.56. The monoisotopic (exact) mass is 579 g/mol. The fourth-order valence-electron chi connectivity index (χ4n) is 7.60. The smallest absolute Gasteiger partial charge is 0.131 e. The molecule has 0 saturated heterocycles. The second-order valence-electron chi connectivity index (χ2n) is 12.7. The summed E-state index contributed by atoms with van der Waals surface area (Å²) in [7, 11) is 0. The summed E-state index contributed by atoms with van der Waals surface area (Å²) in [6.45, 7) is 4.47. The van der Waals surface area contributed by atoms with E-state index in [0.29, 0.717) is 5.39 Å². The molecular formula is C43H30FN. The minimum absolute atomic E-state index is 0.163. The van der Waals surface area contributed by atoms with Gasteiger partial charge in [0.2, 0.25) is 0 Å². The maximum absolute atomic E-state index is 15.6. The quantitative estimate of drug-likeness (QED) is 0.201. The molecule has 0 spiro atoms. The molecule has 9 rings (SSSR count). The standard InChI is InChI=1S/C43H30FN/c1-43(2)37-25-39(44)33-15-7-9-17-35(33)41(37)42-36-18-10-8-16-34(36)40(26-38(42)43)45(31-21-19-27-11-3-5-13-29(27)23-31)32-22-20-28-12-4-6-14-30(28)24-32/h3-26H,1-2H3. The number of rotatable bonds is 3. The Morgan fingerprint density at radius 2 is 0.889 bits per heavy atom. The number of hydrogen-bond acceptors (Lipinski definition) is 1. The van der Waals surface area contributed by atoms with Crippen LogP contribution in [-0.2, 0) is 5.41 Å². The largest absolute Gasteiger partial charge is 0.310 e. The Bertz CT molecular complexity index is 2410. The number of halogens is 1. The lowest BCUT2D eigenvalue weighted by Gasteiger charge is -2.30. The van der Waals surface area contributed by atoms with Crippen LogP contribution in [0.15, 0.2) is 146 Å². The summed E-state index contributed by atoms with van der Waals surface area (Å²) >= 11 is 0. The van der Waals surface area contributed by atoms with Gasteiger partial charge in [-0.15, -0.1) is 0 Å². The van der Waals surface area contributed by atoms with Gasteiger partial charge in [0.15, 0.2) is 0 Å². The molecule has 1 nitrogen and oxygen atoms in total. The van der Waals surface area contributed by atoms with Crippen molar-refractivity contribution in [2.75, 3.05) is 4.90 Å². The zero-order valence-electron chi connectivity index (χ0n) is 25.2. The molecule has 45 heavy (non-hydrogen) atoms. The van der Waals surface area contributed by atoms with Crippen LogP contribution in [0.3, 0.4) is 0 Å². The SMILES string of the molecule is CC1(C)c2cc(F)c3ccccc3c2-c2c1cc(N(c1ccc3ccccc3c1)c1ccc3ccccc3c1)c1ccccc21. The Morgan fingerprint density at radius 1 is 0.444 bits per heavy atom. The third kappa shape index (κ3) is 3.79. The molecule has 1 aliphatic carbocycles. The van der Waals surface area contributed by atoms with Crippen LogP contribution in [-0.4, -0.2) is 0 Å². The van der Waals surface area contributed by atoms with E-state index in [1.807, 2.05) is 18.2 Å². The van der Waals surface area contributed by atoms with Crippen molar-refractivity contribution in [2.24, 2.45) is 0 Å². The molecule has 8 aromatic carbocycles. The highest BCUT2D eigenvalue weighted by Gasteiger charge is 2.39. The molecule has 0 fully saturated rings. The summed E-state index contributed by atoms with van der Waals surface area (Å²) in [6.07, 6.45) is 0. The summed E-state index contributed by atoms with van der Waals surface area (Å²) in [4.78, 5) is 2.40. The van der Waals surface area contributed by atoms with Gasteiger partial charge in [0.05, 0.1) is 5.69 Å². The van der Waals surface area contributed by atoms with Crippen LogP contribution in [0.1, 0.15) is 25.0 Å². The Hall–Kier alpha value is -5.47. The van der Waals surface area contributed by atoms with Crippen molar-refractivity contribution in [1.82, 2.24) is 0 Å². The van der Waals surface area contributed by atoms with E-state index in [2.05, 4.69) is 140 Å². The summed E-state index contributed by atoms with van der Waals surface area (Å²) in [5.74, 6) is -0.163. The molecule has 0 saturated carbocycles. The van der Waals surface area contributed by atoms with Gasteiger partial charge < -0.3 is 4.90 Å². The van der Waals surface area contributed by atoms with Crippen molar-refractivity contribution in [3.63, 3.8) is 0 Å². The Labute approximate surface area is 261 Å². The molecule has 214 valence electrons. The second kappa shape index (κ2) is 9.51. The van der Waals surface area contributed by atoms with Crippen molar-refractivity contribution in [2.45, 2.75) is 19.3 Å². The van der Waals surface area contributed by atoms with Gasteiger partial charge in [-0.3, -0.25) is 0 Å². The Balaban J connectivity index is 1.39. The second-order valence-corrected chi connectivity index (χ2v) is 12.7. The molecule has 0 aromatic heterocycles. The normalized spacial score (nSPS) is 13.4. The topological polar surface area (TPSA) is 3.24 Å². The van der Waals surface area contributed by atoms with Gasteiger partial charge in [-0.25, -0.2) is 4.39 Å². The van der Waals surface area contributed by atoms with Gasteiger partial charge in [0, 0.05) is 27.6 Å². The average molecular weight is 580 g/mol. The van der Waals surface area contributed by atoms with E-state index in [0.717, 1.165) is 39.0 Å². The van der Waals surface area contributed by atoms with Crippen molar-refractivity contribution in [1.29, 1.82) is 0 Å². The molecule has 0 heterocycles. The number of fused-ring (bicyclic) bond motifs is 9. The Kier molecular flexibility index (Phi) is 5.49. The molecule has 8 aromatic rings. The zero-order chi connectivity index (χ0) is 30.3. The lowest BCUT2D eigenvalue weighted by Crippen LogP contribution is -2.17. The molecule has 2 heteroatoms. The van der Waals surface area contributed by atoms with E-state index >= 15 is 4.39 Å². The van der Waals surface area contributed by atoms with Gasteiger partial charge in [-0.1, -0.05) is 123 Å². The van der Waals surface area contributed by atoms with Crippen molar-refractivity contribution >= 4 is 60.2 Å². The van der Waals surface area contributed by atoms with Gasteiger partial charge >= 0.3 is 0 Å². The highest BCUT2D eigenvalue weighted by molar-refractivity contribution is 6.15. The molecule has 0 atom stereocenters. The van der Waals surface area contributed by atoms with E-state index in [1.54, 1.807) is 6.07 Å². The number of hydrogen-bond donors (Lipinski definition) is 0. The van der Waals surface area contributed by atoms with Gasteiger partial charge in [-0.05, 0) is 91.0 Å². The van der Waals surface area contributed by atoms with Crippen molar-refractivity contribution < 1.29 is 4.39 Å². The Morgan fingerprint density at radius 3 is 1.47 bits per heavy atom. The first kappa shape index (κ1) is 26.0. The maximum Gasteiger partial charge on any atom is 0.131 e. The zero-order valence-corrected chi connectivity index (χ0v) is 25.2. The minimum Gasteiger partial charge on any atom is -0.310 e. The molecule has 0 bridgehead atoms. The minimum atomic E-state index is -0.396. The number of benzene rings is 8. The molecule has 0 aliphatic heterocycles. The van der Waals surface area contributed by atoms with E-state index in [9.17, 15) is 0 Å². The molecule has 0 unspecified atom stereocenters. The maximum atomic E-state index is 15.6. The lowest BCUT2D eigenvalue weighted by atomic mass is 9.81. The van der Waals surface area contributed by atoms with Crippen LogP contribution in [0, 0.1) is 5.82 Å².